The lowest BCUT2D eigenvalue weighted by molar-refractivity contribution is 0.0165. The van der Waals surface area contributed by atoms with Crippen LogP contribution in [0.5, 0.6) is 5.88 Å². The zero-order valence-corrected chi connectivity index (χ0v) is 20.0. The first-order chi connectivity index (χ1) is 16.7. The molecule has 178 valence electrons. The van der Waals surface area contributed by atoms with E-state index in [0.717, 1.165) is 81.5 Å². The van der Waals surface area contributed by atoms with E-state index in [0.29, 0.717) is 17.8 Å². The Morgan fingerprint density at radius 1 is 0.971 bits per heavy atom. The molecule has 0 spiro atoms. The molecule has 1 aliphatic carbocycles. The van der Waals surface area contributed by atoms with E-state index in [4.69, 9.17) is 31.3 Å². The summed E-state index contributed by atoms with van der Waals surface area (Å²) in [4.78, 5) is 6.86. The van der Waals surface area contributed by atoms with E-state index in [-0.39, 0.29) is 6.10 Å². The minimum atomic E-state index is 0.203. The normalized spacial score (nSPS) is 25.3. The molecule has 2 aromatic heterocycles. The molecule has 1 atom stereocenters. The smallest absolute Gasteiger partial charge is 0.213 e. The van der Waals surface area contributed by atoms with E-state index in [9.17, 15) is 0 Å². The van der Waals surface area contributed by atoms with E-state index in [1.165, 1.54) is 11.3 Å². The second-order valence-corrected chi connectivity index (χ2v) is 9.99. The number of hydrogen-bond donors (Lipinski definition) is 0. The molecule has 2 fully saturated rings. The van der Waals surface area contributed by atoms with Gasteiger partial charge >= 0.3 is 0 Å². The van der Waals surface area contributed by atoms with Gasteiger partial charge in [-0.25, -0.2) is 4.98 Å². The second kappa shape index (κ2) is 9.64. The summed E-state index contributed by atoms with van der Waals surface area (Å²) < 4.78 is 14.0. The average molecular weight is 480 g/mol. The maximum Gasteiger partial charge on any atom is 0.213 e. The number of halogens is 1. The Morgan fingerprint density at radius 3 is 2.62 bits per heavy atom. The molecule has 1 saturated heterocycles. The molecule has 0 N–H and O–H groups in total. The van der Waals surface area contributed by atoms with Crippen molar-refractivity contribution in [2.75, 3.05) is 26.3 Å². The zero-order chi connectivity index (χ0) is 22.9. The summed E-state index contributed by atoms with van der Waals surface area (Å²) in [5.74, 6) is 3.22. The molecular weight excluding hydrogens is 450 g/mol. The number of ether oxygens (including phenoxy) is 2. The van der Waals surface area contributed by atoms with Gasteiger partial charge in [-0.3, -0.25) is 9.47 Å². The van der Waals surface area contributed by atoms with Crippen LogP contribution in [0.15, 0.2) is 42.6 Å². The van der Waals surface area contributed by atoms with Gasteiger partial charge in [0, 0.05) is 48.8 Å². The van der Waals surface area contributed by atoms with Gasteiger partial charge in [0.2, 0.25) is 5.88 Å². The number of nitrogens with zero attached hydrogens (tertiary/aromatic N) is 5. The van der Waals surface area contributed by atoms with Crippen LogP contribution in [0.2, 0.25) is 5.02 Å². The summed E-state index contributed by atoms with van der Waals surface area (Å²) in [6, 6.07) is 12.4. The van der Waals surface area contributed by atoms with Crippen LogP contribution in [-0.2, 0) is 17.6 Å². The maximum atomic E-state index is 6.44. The minimum Gasteiger partial charge on any atom is -0.474 e. The lowest BCUT2D eigenvalue weighted by Crippen LogP contribution is -2.45. The van der Waals surface area contributed by atoms with Gasteiger partial charge < -0.3 is 9.47 Å². The SMILES string of the molecule is Clc1ccc2c(c1)C[C@H](N1CCOCC1)Cc1nnc([C@H]3CC[C@H](Oc4ccccn4)CC3)n1-2. The highest BCUT2D eigenvalue weighted by Gasteiger charge is 2.33. The minimum absolute atomic E-state index is 0.203. The molecule has 0 unspecified atom stereocenters. The van der Waals surface area contributed by atoms with E-state index >= 15 is 0 Å². The van der Waals surface area contributed by atoms with Gasteiger partial charge in [-0.05, 0) is 61.9 Å². The largest absolute Gasteiger partial charge is 0.474 e. The first kappa shape index (κ1) is 22.0. The van der Waals surface area contributed by atoms with Crippen LogP contribution in [-0.4, -0.2) is 63.1 Å². The number of rotatable bonds is 4. The van der Waals surface area contributed by atoms with Gasteiger partial charge in [-0.2, -0.15) is 0 Å². The predicted molar refractivity (Wildman–Crippen MR) is 130 cm³/mol. The first-order valence-corrected chi connectivity index (χ1v) is 12.7. The van der Waals surface area contributed by atoms with Crippen LogP contribution in [0.3, 0.4) is 0 Å². The highest BCUT2D eigenvalue weighted by atomic mass is 35.5. The standard InChI is InChI=1S/C26H30ClN5O2/c27-20-6-9-23-19(15-20)16-21(31-11-13-33-14-12-31)17-24-29-30-26(32(23)24)18-4-7-22(8-5-18)34-25-3-1-2-10-28-25/h1-3,6,9-10,15,18,21-22H,4-5,7-8,11-14,16-17H2/t18-,21-,22-/m0/s1. The van der Waals surface area contributed by atoms with Crippen LogP contribution in [0, 0.1) is 0 Å². The van der Waals surface area contributed by atoms with Crippen LogP contribution in [0.1, 0.15) is 48.8 Å². The van der Waals surface area contributed by atoms with Crippen molar-refractivity contribution in [3.63, 3.8) is 0 Å². The fourth-order valence-electron chi connectivity index (χ4n) is 5.69. The van der Waals surface area contributed by atoms with Gasteiger partial charge in [0.05, 0.1) is 18.9 Å². The Morgan fingerprint density at radius 2 is 1.82 bits per heavy atom. The molecule has 0 radical (unpaired) electrons. The van der Waals surface area contributed by atoms with Crippen LogP contribution >= 0.6 is 11.6 Å². The van der Waals surface area contributed by atoms with E-state index < -0.39 is 0 Å². The fraction of sp³-hybridized carbons (Fsp3) is 0.500. The second-order valence-electron chi connectivity index (χ2n) is 9.55. The van der Waals surface area contributed by atoms with Gasteiger partial charge in [0.25, 0.3) is 0 Å². The Bertz CT molecular complexity index is 1120. The number of hydrogen-bond acceptors (Lipinski definition) is 6. The Balaban J connectivity index is 1.26. The lowest BCUT2D eigenvalue weighted by atomic mass is 9.86. The molecule has 1 saturated carbocycles. The van der Waals surface area contributed by atoms with Crippen molar-refractivity contribution in [1.82, 2.24) is 24.6 Å². The molecule has 4 heterocycles. The molecule has 0 bridgehead atoms. The van der Waals surface area contributed by atoms with Crippen molar-refractivity contribution in [2.24, 2.45) is 0 Å². The number of morpholine rings is 1. The van der Waals surface area contributed by atoms with Crippen molar-refractivity contribution in [3.8, 4) is 11.6 Å². The first-order valence-electron chi connectivity index (χ1n) is 12.4. The van der Waals surface area contributed by atoms with E-state index in [1.54, 1.807) is 6.20 Å². The quantitative estimate of drug-likeness (QED) is 0.558. The zero-order valence-electron chi connectivity index (χ0n) is 19.3. The third kappa shape index (κ3) is 4.44. The number of pyridine rings is 1. The average Bonchev–Trinajstić information content (AvgIpc) is 3.21. The molecule has 3 aliphatic rings. The molecule has 3 aromatic rings. The highest BCUT2D eigenvalue weighted by Crippen LogP contribution is 2.37. The molecule has 7 nitrogen and oxygen atoms in total. The summed E-state index contributed by atoms with van der Waals surface area (Å²) in [5, 5.41) is 10.3. The summed E-state index contributed by atoms with van der Waals surface area (Å²) in [7, 11) is 0. The monoisotopic (exact) mass is 479 g/mol. The molecule has 1 aromatic carbocycles. The van der Waals surface area contributed by atoms with E-state index in [2.05, 4.69) is 26.6 Å². The van der Waals surface area contributed by atoms with Crippen molar-refractivity contribution < 1.29 is 9.47 Å². The lowest BCUT2D eigenvalue weighted by Gasteiger charge is -2.33. The van der Waals surface area contributed by atoms with Crippen LogP contribution in [0.25, 0.3) is 5.69 Å². The predicted octanol–water partition coefficient (Wildman–Crippen LogP) is 4.22. The molecule has 34 heavy (non-hydrogen) atoms. The van der Waals surface area contributed by atoms with Gasteiger partial charge in [0.15, 0.2) is 0 Å². The van der Waals surface area contributed by atoms with Crippen molar-refractivity contribution in [1.29, 1.82) is 0 Å². The fourth-order valence-corrected chi connectivity index (χ4v) is 5.88. The summed E-state index contributed by atoms with van der Waals surface area (Å²) in [6.07, 6.45) is 7.88. The van der Waals surface area contributed by atoms with Crippen molar-refractivity contribution in [3.05, 3.63) is 64.8 Å². The molecule has 2 aliphatic heterocycles. The van der Waals surface area contributed by atoms with Crippen molar-refractivity contribution in [2.45, 2.75) is 56.6 Å². The summed E-state index contributed by atoms with van der Waals surface area (Å²) in [5.41, 5.74) is 2.46. The van der Waals surface area contributed by atoms with Gasteiger partial charge in [-0.1, -0.05) is 17.7 Å². The van der Waals surface area contributed by atoms with Crippen LogP contribution in [0.4, 0.5) is 0 Å². The molecule has 6 rings (SSSR count). The Kier molecular flexibility index (Phi) is 6.24. The van der Waals surface area contributed by atoms with Gasteiger partial charge in [0.1, 0.15) is 17.8 Å². The van der Waals surface area contributed by atoms with Crippen molar-refractivity contribution >= 4 is 11.6 Å². The number of benzene rings is 1. The third-order valence-corrected chi connectivity index (χ3v) is 7.67. The highest BCUT2D eigenvalue weighted by molar-refractivity contribution is 6.30. The molecular formula is C26H30ClN5O2. The number of fused-ring (bicyclic) bond motifs is 3. The Hall–Kier alpha value is -2.48. The third-order valence-electron chi connectivity index (χ3n) is 7.44. The molecule has 8 heteroatoms. The summed E-state index contributed by atoms with van der Waals surface area (Å²) >= 11 is 6.44. The van der Waals surface area contributed by atoms with E-state index in [1.807, 2.05) is 24.3 Å². The summed E-state index contributed by atoms with van der Waals surface area (Å²) in [6.45, 7) is 3.50. The maximum absolute atomic E-state index is 6.44. The number of aromatic nitrogens is 4. The van der Waals surface area contributed by atoms with Gasteiger partial charge in [-0.15, -0.1) is 10.2 Å². The molecule has 0 amide bonds. The topological polar surface area (TPSA) is 65.3 Å². The Labute approximate surface area is 205 Å². The van der Waals surface area contributed by atoms with Crippen LogP contribution < -0.4 is 4.74 Å².